The van der Waals surface area contributed by atoms with E-state index in [9.17, 15) is 0 Å². The minimum atomic E-state index is 0.750. The maximum absolute atomic E-state index is 5.93. The van der Waals surface area contributed by atoms with Crippen LogP contribution in [0.3, 0.4) is 0 Å². The van der Waals surface area contributed by atoms with Crippen LogP contribution < -0.4 is 0 Å². The third-order valence-electron chi connectivity index (χ3n) is 3.10. The van der Waals surface area contributed by atoms with Crippen molar-refractivity contribution in [2.75, 3.05) is 0 Å². The number of halogens is 1. The second-order valence-electron chi connectivity index (χ2n) is 4.48. The molecule has 0 saturated heterocycles. The maximum atomic E-state index is 5.93. The summed E-state index contributed by atoms with van der Waals surface area (Å²) in [6.07, 6.45) is 0. The largest absolute Gasteiger partial charge is 0.357 e. The number of hydrogen-bond donors (Lipinski definition) is 1. The van der Waals surface area contributed by atoms with Gasteiger partial charge < -0.3 is 4.98 Å². The van der Waals surface area contributed by atoms with E-state index in [0.29, 0.717) is 0 Å². The summed E-state index contributed by atoms with van der Waals surface area (Å²) in [5, 5.41) is 0.750. The predicted molar refractivity (Wildman–Crippen MR) is 76.0 cm³/mol. The zero-order chi connectivity index (χ0) is 12.7. The lowest BCUT2D eigenvalue weighted by molar-refractivity contribution is 1.25. The van der Waals surface area contributed by atoms with Crippen LogP contribution in [0.5, 0.6) is 0 Å². The minimum absolute atomic E-state index is 0.750. The second-order valence-corrected chi connectivity index (χ2v) is 4.92. The highest BCUT2D eigenvalue weighted by Gasteiger charge is 2.11. The average Bonchev–Trinajstić information content (AvgIpc) is 2.66. The van der Waals surface area contributed by atoms with E-state index in [1.807, 2.05) is 37.3 Å². The Balaban J connectivity index is 2.30. The summed E-state index contributed by atoms with van der Waals surface area (Å²) in [5.41, 5.74) is 6.55. The fourth-order valence-corrected chi connectivity index (χ4v) is 2.39. The van der Waals surface area contributed by atoms with E-state index in [1.165, 1.54) is 0 Å². The van der Waals surface area contributed by atoms with Crippen molar-refractivity contribution >= 4 is 22.6 Å². The number of aromatic nitrogens is 2. The predicted octanol–water partition coefficient (Wildman–Crippen LogP) is 4.50. The van der Waals surface area contributed by atoms with Crippen LogP contribution in [0.1, 0.15) is 11.4 Å². The zero-order valence-electron chi connectivity index (χ0n) is 10.3. The van der Waals surface area contributed by atoms with Crippen LogP contribution >= 0.6 is 11.6 Å². The van der Waals surface area contributed by atoms with Gasteiger partial charge in [0.1, 0.15) is 0 Å². The van der Waals surface area contributed by atoms with E-state index in [-0.39, 0.29) is 0 Å². The highest BCUT2D eigenvalue weighted by molar-refractivity contribution is 6.30. The molecule has 0 fully saturated rings. The van der Waals surface area contributed by atoms with Crippen LogP contribution in [0.2, 0.25) is 5.02 Å². The molecule has 3 heteroatoms. The molecule has 0 saturated carbocycles. The van der Waals surface area contributed by atoms with Crippen LogP contribution in [0.4, 0.5) is 0 Å². The van der Waals surface area contributed by atoms with Crippen LogP contribution in [0, 0.1) is 13.8 Å². The number of H-pyrrole nitrogens is 1. The summed E-state index contributed by atoms with van der Waals surface area (Å²) < 4.78 is 0. The normalized spacial score (nSPS) is 11.1. The minimum Gasteiger partial charge on any atom is -0.357 e. The maximum Gasteiger partial charge on any atom is 0.0963 e. The number of rotatable bonds is 1. The summed E-state index contributed by atoms with van der Waals surface area (Å²) in [6, 6.07) is 12.0. The van der Waals surface area contributed by atoms with Gasteiger partial charge >= 0.3 is 0 Å². The molecule has 0 spiro atoms. The molecule has 3 rings (SSSR count). The fraction of sp³-hybridized carbons (Fsp3) is 0.133. The van der Waals surface area contributed by atoms with Gasteiger partial charge in [0.15, 0.2) is 0 Å². The van der Waals surface area contributed by atoms with Crippen molar-refractivity contribution in [1.29, 1.82) is 0 Å². The molecule has 18 heavy (non-hydrogen) atoms. The van der Waals surface area contributed by atoms with Gasteiger partial charge in [0.2, 0.25) is 0 Å². The molecule has 0 unspecified atom stereocenters. The summed E-state index contributed by atoms with van der Waals surface area (Å²) in [6.45, 7) is 4.08. The standard InChI is InChI=1S/C15H13ClN2/c1-9-3-8-13-15(17-9)14(10(2)18-13)11-4-6-12(16)7-5-11/h3-8,18H,1-2H3. The van der Waals surface area contributed by atoms with Crippen LogP contribution in [0.25, 0.3) is 22.2 Å². The number of aromatic amines is 1. The van der Waals surface area contributed by atoms with Crippen molar-refractivity contribution < 1.29 is 0 Å². The summed E-state index contributed by atoms with van der Waals surface area (Å²) in [7, 11) is 0. The molecule has 0 bridgehead atoms. The lowest BCUT2D eigenvalue weighted by atomic mass is 10.1. The van der Waals surface area contributed by atoms with Crippen molar-refractivity contribution in [2.45, 2.75) is 13.8 Å². The van der Waals surface area contributed by atoms with Crippen molar-refractivity contribution in [3.8, 4) is 11.1 Å². The first-order chi connectivity index (χ1) is 8.65. The molecule has 0 aliphatic heterocycles. The topological polar surface area (TPSA) is 28.7 Å². The van der Waals surface area contributed by atoms with Gasteiger partial charge in [0.05, 0.1) is 11.0 Å². The van der Waals surface area contributed by atoms with E-state index in [1.54, 1.807) is 0 Å². The van der Waals surface area contributed by atoms with Gasteiger partial charge in [-0.05, 0) is 43.7 Å². The van der Waals surface area contributed by atoms with Crippen LogP contribution in [-0.2, 0) is 0 Å². The first kappa shape index (κ1) is 11.3. The Morgan fingerprint density at radius 3 is 2.44 bits per heavy atom. The number of hydrogen-bond acceptors (Lipinski definition) is 1. The molecule has 90 valence electrons. The van der Waals surface area contributed by atoms with Gasteiger partial charge in [-0.1, -0.05) is 23.7 Å². The van der Waals surface area contributed by atoms with Gasteiger partial charge in [-0.15, -0.1) is 0 Å². The molecule has 0 aliphatic carbocycles. The number of nitrogens with one attached hydrogen (secondary N) is 1. The molecular weight excluding hydrogens is 244 g/mol. The van der Waals surface area contributed by atoms with E-state index in [0.717, 1.165) is 38.6 Å². The Kier molecular flexibility index (Phi) is 2.60. The lowest BCUT2D eigenvalue weighted by Gasteiger charge is -2.02. The van der Waals surface area contributed by atoms with Gasteiger partial charge in [-0.2, -0.15) is 0 Å². The van der Waals surface area contributed by atoms with Crippen LogP contribution in [-0.4, -0.2) is 9.97 Å². The monoisotopic (exact) mass is 256 g/mol. The molecule has 2 aromatic heterocycles. The Morgan fingerprint density at radius 1 is 1.00 bits per heavy atom. The zero-order valence-corrected chi connectivity index (χ0v) is 11.0. The van der Waals surface area contributed by atoms with E-state index in [4.69, 9.17) is 11.6 Å². The molecule has 1 N–H and O–H groups in total. The molecule has 1 aromatic carbocycles. The van der Waals surface area contributed by atoms with Gasteiger partial charge in [-0.3, -0.25) is 4.98 Å². The number of benzene rings is 1. The fourth-order valence-electron chi connectivity index (χ4n) is 2.26. The number of nitrogens with zero attached hydrogens (tertiary/aromatic N) is 1. The number of aryl methyl sites for hydroxylation is 2. The molecule has 0 aliphatic rings. The summed E-state index contributed by atoms with van der Waals surface area (Å²) in [4.78, 5) is 8.00. The van der Waals surface area contributed by atoms with Crippen LogP contribution in [0.15, 0.2) is 36.4 Å². The van der Waals surface area contributed by atoms with Crippen molar-refractivity contribution in [3.05, 3.63) is 52.8 Å². The molecule has 0 radical (unpaired) electrons. The van der Waals surface area contributed by atoms with Crippen molar-refractivity contribution in [3.63, 3.8) is 0 Å². The highest BCUT2D eigenvalue weighted by atomic mass is 35.5. The average molecular weight is 257 g/mol. The number of pyridine rings is 1. The summed E-state index contributed by atoms with van der Waals surface area (Å²) >= 11 is 5.93. The molecular formula is C15H13ClN2. The third-order valence-corrected chi connectivity index (χ3v) is 3.35. The highest BCUT2D eigenvalue weighted by Crippen LogP contribution is 2.31. The summed E-state index contributed by atoms with van der Waals surface area (Å²) in [5.74, 6) is 0. The van der Waals surface area contributed by atoms with Crippen molar-refractivity contribution in [2.24, 2.45) is 0 Å². The Bertz CT molecular complexity index is 711. The molecule has 0 atom stereocenters. The van der Waals surface area contributed by atoms with Gasteiger partial charge in [0.25, 0.3) is 0 Å². The smallest absolute Gasteiger partial charge is 0.0963 e. The third kappa shape index (κ3) is 1.79. The first-order valence-electron chi connectivity index (χ1n) is 5.87. The molecule has 3 aromatic rings. The number of fused-ring (bicyclic) bond motifs is 1. The quantitative estimate of drug-likeness (QED) is 0.682. The van der Waals surface area contributed by atoms with Gasteiger partial charge in [0, 0.05) is 22.0 Å². The van der Waals surface area contributed by atoms with E-state index < -0.39 is 0 Å². The Hall–Kier alpha value is -1.80. The molecule has 0 amide bonds. The molecule has 2 heterocycles. The second kappa shape index (κ2) is 4.14. The lowest BCUT2D eigenvalue weighted by Crippen LogP contribution is -1.83. The Labute approximate surface area is 111 Å². The first-order valence-corrected chi connectivity index (χ1v) is 6.25. The van der Waals surface area contributed by atoms with E-state index in [2.05, 4.69) is 23.0 Å². The van der Waals surface area contributed by atoms with Gasteiger partial charge in [-0.25, -0.2) is 0 Å². The SMILES string of the molecule is Cc1ccc2[nH]c(C)c(-c3ccc(Cl)cc3)c2n1. The van der Waals surface area contributed by atoms with Crippen molar-refractivity contribution in [1.82, 2.24) is 9.97 Å². The Morgan fingerprint density at radius 2 is 1.72 bits per heavy atom. The van der Waals surface area contributed by atoms with E-state index >= 15 is 0 Å². The molecule has 2 nitrogen and oxygen atoms in total.